The molecule has 1 aromatic carbocycles. The van der Waals surface area contributed by atoms with Gasteiger partial charge in [0, 0.05) is 6.54 Å². The van der Waals surface area contributed by atoms with Crippen LogP contribution in [-0.4, -0.2) is 32.1 Å². The SMILES string of the molecule is Nc1ccc(F)c(C(=O)NCCOCC(F)F)c1F. The highest BCUT2D eigenvalue weighted by Gasteiger charge is 2.19. The molecule has 0 heterocycles. The van der Waals surface area contributed by atoms with Crippen molar-refractivity contribution in [2.75, 3.05) is 25.5 Å². The highest BCUT2D eigenvalue weighted by atomic mass is 19.3. The molecule has 0 aromatic heterocycles. The molecule has 0 aliphatic rings. The number of carbonyl (C=O) groups excluding carboxylic acids is 1. The van der Waals surface area contributed by atoms with Gasteiger partial charge in [0.1, 0.15) is 18.0 Å². The molecule has 3 N–H and O–H groups in total. The number of nitrogens with one attached hydrogen (secondary N) is 1. The predicted octanol–water partition coefficient (Wildman–Crippen LogP) is 1.56. The molecule has 0 radical (unpaired) electrons. The van der Waals surface area contributed by atoms with Crippen LogP contribution in [0, 0.1) is 11.6 Å². The number of alkyl halides is 2. The average Bonchev–Trinajstić information content (AvgIpc) is 2.33. The first-order chi connectivity index (χ1) is 8.93. The van der Waals surface area contributed by atoms with E-state index in [9.17, 15) is 22.4 Å². The van der Waals surface area contributed by atoms with Crippen molar-refractivity contribution in [2.45, 2.75) is 6.43 Å². The number of amides is 1. The highest BCUT2D eigenvalue weighted by molar-refractivity contribution is 5.95. The number of nitrogens with two attached hydrogens (primary N) is 1. The van der Waals surface area contributed by atoms with Gasteiger partial charge in [-0.2, -0.15) is 0 Å². The molecule has 0 atom stereocenters. The van der Waals surface area contributed by atoms with Crippen molar-refractivity contribution in [3.8, 4) is 0 Å². The van der Waals surface area contributed by atoms with Crippen LogP contribution >= 0.6 is 0 Å². The molecule has 1 aromatic rings. The first-order valence-electron chi connectivity index (χ1n) is 5.31. The van der Waals surface area contributed by atoms with Gasteiger partial charge >= 0.3 is 0 Å². The summed E-state index contributed by atoms with van der Waals surface area (Å²) in [6, 6.07) is 1.85. The molecule has 0 saturated heterocycles. The molecule has 1 rings (SSSR count). The lowest BCUT2D eigenvalue weighted by Gasteiger charge is -2.08. The van der Waals surface area contributed by atoms with Gasteiger partial charge in [0.05, 0.1) is 12.3 Å². The Balaban J connectivity index is 2.53. The molecule has 0 saturated carbocycles. The molecule has 106 valence electrons. The molecule has 0 bridgehead atoms. The minimum Gasteiger partial charge on any atom is -0.396 e. The van der Waals surface area contributed by atoms with Crippen molar-refractivity contribution in [2.24, 2.45) is 0 Å². The minimum absolute atomic E-state index is 0.154. The number of carbonyl (C=O) groups is 1. The van der Waals surface area contributed by atoms with Gasteiger partial charge in [-0.15, -0.1) is 0 Å². The zero-order chi connectivity index (χ0) is 14.4. The maximum atomic E-state index is 13.4. The van der Waals surface area contributed by atoms with E-state index in [-0.39, 0.29) is 18.8 Å². The van der Waals surface area contributed by atoms with Crippen LogP contribution in [0.3, 0.4) is 0 Å². The van der Waals surface area contributed by atoms with E-state index in [0.717, 1.165) is 12.1 Å². The quantitative estimate of drug-likeness (QED) is 0.472. The van der Waals surface area contributed by atoms with E-state index in [0.29, 0.717) is 0 Å². The van der Waals surface area contributed by atoms with Crippen molar-refractivity contribution in [3.63, 3.8) is 0 Å². The maximum Gasteiger partial charge on any atom is 0.261 e. The van der Waals surface area contributed by atoms with Crippen LogP contribution in [0.1, 0.15) is 10.4 Å². The van der Waals surface area contributed by atoms with E-state index in [1.165, 1.54) is 0 Å². The zero-order valence-electron chi connectivity index (χ0n) is 9.76. The zero-order valence-corrected chi connectivity index (χ0v) is 9.76. The van der Waals surface area contributed by atoms with Gasteiger partial charge in [-0.05, 0) is 12.1 Å². The first-order valence-corrected chi connectivity index (χ1v) is 5.31. The smallest absolute Gasteiger partial charge is 0.261 e. The molecule has 0 aliphatic heterocycles. The van der Waals surface area contributed by atoms with E-state index in [1.54, 1.807) is 0 Å². The van der Waals surface area contributed by atoms with E-state index < -0.39 is 36.1 Å². The van der Waals surface area contributed by atoms with Gasteiger partial charge in [0.2, 0.25) is 0 Å². The van der Waals surface area contributed by atoms with Crippen molar-refractivity contribution >= 4 is 11.6 Å². The Morgan fingerprint density at radius 2 is 2.05 bits per heavy atom. The third-order valence-electron chi connectivity index (χ3n) is 2.12. The molecule has 0 spiro atoms. The van der Waals surface area contributed by atoms with Crippen LogP contribution in [0.5, 0.6) is 0 Å². The lowest BCUT2D eigenvalue weighted by atomic mass is 10.1. The fourth-order valence-corrected chi connectivity index (χ4v) is 1.27. The third-order valence-corrected chi connectivity index (χ3v) is 2.12. The number of halogens is 4. The van der Waals surface area contributed by atoms with Crippen molar-refractivity contribution < 1.29 is 27.1 Å². The molecule has 8 heteroatoms. The van der Waals surface area contributed by atoms with Crippen LogP contribution in [0.2, 0.25) is 0 Å². The molecule has 19 heavy (non-hydrogen) atoms. The second-order valence-corrected chi connectivity index (χ2v) is 3.55. The summed E-state index contributed by atoms with van der Waals surface area (Å²) in [6.45, 7) is -1.11. The maximum absolute atomic E-state index is 13.4. The second kappa shape index (κ2) is 6.93. The summed E-state index contributed by atoms with van der Waals surface area (Å²) >= 11 is 0. The Morgan fingerprint density at radius 3 is 2.68 bits per heavy atom. The molecular weight excluding hydrogens is 268 g/mol. The lowest BCUT2D eigenvalue weighted by molar-refractivity contribution is 0.0188. The highest BCUT2D eigenvalue weighted by Crippen LogP contribution is 2.18. The van der Waals surface area contributed by atoms with Gasteiger partial charge in [0.15, 0.2) is 5.82 Å². The largest absolute Gasteiger partial charge is 0.396 e. The Morgan fingerprint density at radius 1 is 1.37 bits per heavy atom. The molecule has 4 nitrogen and oxygen atoms in total. The first kappa shape index (κ1) is 15.2. The van der Waals surface area contributed by atoms with E-state index in [2.05, 4.69) is 10.1 Å². The summed E-state index contributed by atoms with van der Waals surface area (Å²) in [5.74, 6) is -3.24. The number of hydrogen-bond donors (Lipinski definition) is 2. The fraction of sp³-hybridized carbons (Fsp3) is 0.364. The summed E-state index contributed by atoms with van der Waals surface area (Å²) in [4.78, 5) is 11.5. The number of rotatable bonds is 6. The summed E-state index contributed by atoms with van der Waals surface area (Å²) in [7, 11) is 0. The van der Waals surface area contributed by atoms with Crippen LogP contribution in [0.4, 0.5) is 23.2 Å². The van der Waals surface area contributed by atoms with Gasteiger partial charge in [-0.25, -0.2) is 17.6 Å². The monoisotopic (exact) mass is 280 g/mol. The Bertz CT molecular complexity index is 455. The molecule has 0 aliphatic carbocycles. The lowest BCUT2D eigenvalue weighted by Crippen LogP contribution is -2.29. The fourth-order valence-electron chi connectivity index (χ4n) is 1.27. The summed E-state index contributed by atoms with van der Waals surface area (Å²) < 4.78 is 54.6. The summed E-state index contributed by atoms with van der Waals surface area (Å²) in [5.41, 5.74) is 4.04. The number of nitrogen functional groups attached to an aromatic ring is 1. The van der Waals surface area contributed by atoms with Crippen molar-refractivity contribution in [3.05, 3.63) is 29.3 Å². The minimum atomic E-state index is -2.61. The Hall–Kier alpha value is -1.83. The molecular formula is C11H12F4N2O2. The Labute approximate surface area is 106 Å². The summed E-state index contributed by atoms with van der Waals surface area (Å²) in [5, 5.41) is 2.14. The standard InChI is InChI=1S/C11H12F4N2O2/c12-6-1-2-7(16)10(15)9(6)11(18)17-3-4-19-5-8(13)14/h1-2,8H,3-5,16H2,(H,17,18). The third kappa shape index (κ3) is 4.40. The molecule has 1 amide bonds. The number of anilines is 1. The predicted molar refractivity (Wildman–Crippen MR) is 59.9 cm³/mol. The van der Waals surface area contributed by atoms with Gasteiger partial charge in [0.25, 0.3) is 12.3 Å². The van der Waals surface area contributed by atoms with Crippen LogP contribution in [0.25, 0.3) is 0 Å². The van der Waals surface area contributed by atoms with Crippen molar-refractivity contribution in [1.82, 2.24) is 5.32 Å². The van der Waals surface area contributed by atoms with Crippen molar-refractivity contribution in [1.29, 1.82) is 0 Å². The van der Waals surface area contributed by atoms with Crippen LogP contribution in [-0.2, 0) is 4.74 Å². The number of benzene rings is 1. The average molecular weight is 280 g/mol. The Kier molecular flexibility index (Phi) is 5.56. The van der Waals surface area contributed by atoms with Gasteiger partial charge in [-0.3, -0.25) is 4.79 Å². The molecule has 0 unspecified atom stereocenters. The summed E-state index contributed by atoms with van der Waals surface area (Å²) in [6.07, 6.45) is -2.61. The van der Waals surface area contributed by atoms with E-state index in [4.69, 9.17) is 5.73 Å². The van der Waals surface area contributed by atoms with Gasteiger partial charge in [-0.1, -0.05) is 0 Å². The topological polar surface area (TPSA) is 64.4 Å². The van der Waals surface area contributed by atoms with E-state index >= 15 is 0 Å². The van der Waals surface area contributed by atoms with Crippen LogP contribution in [0.15, 0.2) is 12.1 Å². The van der Waals surface area contributed by atoms with Gasteiger partial charge < -0.3 is 15.8 Å². The van der Waals surface area contributed by atoms with E-state index in [1.807, 2.05) is 0 Å². The number of hydrogen-bond acceptors (Lipinski definition) is 3. The number of ether oxygens (including phenoxy) is 1. The van der Waals surface area contributed by atoms with Crippen LogP contribution < -0.4 is 11.1 Å². The second-order valence-electron chi connectivity index (χ2n) is 3.55. The normalized spacial score (nSPS) is 10.8. The molecule has 0 fully saturated rings.